The molecule has 0 aliphatic rings. The number of hydrogen-bond donors (Lipinski definition) is 0. The maximum atomic E-state index is 5.62. The number of thioether (sulfide) groups is 1. The van der Waals surface area contributed by atoms with Crippen molar-refractivity contribution < 1.29 is 8.83 Å². The standard InChI is InChI=1S/C14H15N5O2S/c1-14(2,3)12-18-16-10(20-12)8-22-13-19-17-11(21-13)9-4-6-15-7-5-9/h4-7H,8H2,1-3H3. The minimum atomic E-state index is -0.158. The summed E-state index contributed by atoms with van der Waals surface area (Å²) in [4.78, 5) is 3.95. The normalized spacial score (nSPS) is 11.8. The first-order valence-electron chi connectivity index (χ1n) is 6.72. The Morgan fingerprint density at radius 3 is 2.45 bits per heavy atom. The van der Waals surface area contributed by atoms with Crippen molar-refractivity contribution >= 4 is 11.8 Å². The molecule has 3 heterocycles. The fourth-order valence-electron chi connectivity index (χ4n) is 1.62. The van der Waals surface area contributed by atoms with Crippen molar-refractivity contribution in [2.24, 2.45) is 0 Å². The third-order valence-electron chi connectivity index (χ3n) is 2.76. The van der Waals surface area contributed by atoms with E-state index in [9.17, 15) is 0 Å². The Morgan fingerprint density at radius 2 is 1.77 bits per heavy atom. The van der Waals surface area contributed by atoms with Gasteiger partial charge >= 0.3 is 0 Å². The molecule has 0 atom stereocenters. The highest BCUT2D eigenvalue weighted by atomic mass is 32.2. The summed E-state index contributed by atoms with van der Waals surface area (Å²) in [6.45, 7) is 6.07. The molecule has 114 valence electrons. The Bertz CT molecular complexity index is 748. The van der Waals surface area contributed by atoms with E-state index >= 15 is 0 Å². The van der Waals surface area contributed by atoms with Crippen LogP contribution < -0.4 is 0 Å². The van der Waals surface area contributed by atoms with Crippen LogP contribution in [0.2, 0.25) is 0 Å². The maximum Gasteiger partial charge on any atom is 0.277 e. The van der Waals surface area contributed by atoms with E-state index in [-0.39, 0.29) is 5.41 Å². The van der Waals surface area contributed by atoms with Gasteiger partial charge in [-0.15, -0.1) is 20.4 Å². The number of nitrogens with zero attached hydrogens (tertiary/aromatic N) is 5. The van der Waals surface area contributed by atoms with Gasteiger partial charge in [-0.1, -0.05) is 32.5 Å². The van der Waals surface area contributed by atoms with Crippen molar-refractivity contribution in [3.05, 3.63) is 36.3 Å². The molecule has 0 N–H and O–H groups in total. The average molecular weight is 317 g/mol. The van der Waals surface area contributed by atoms with Gasteiger partial charge in [0.15, 0.2) is 0 Å². The second kappa shape index (κ2) is 5.88. The van der Waals surface area contributed by atoms with Crippen LogP contribution >= 0.6 is 11.8 Å². The third kappa shape index (κ3) is 3.33. The molecule has 0 unspecified atom stereocenters. The molecule has 0 bridgehead atoms. The Balaban J connectivity index is 1.65. The Labute approximate surface area is 131 Å². The van der Waals surface area contributed by atoms with Gasteiger partial charge in [0.25, 0.3) is 5.22 Å². The molecule has 7 nitrogen and oxygen atoms in total. The lowest BCUT2D eigenvalue weighted by atomic mass is 9.97. The highest BCUT2D eigenvalue weighted by Crippen LogP contribution is 2.26. The molecule has 0 aliphatic heterocycles. The van der Waals surface area contributed by atoms with E-state index in [4.69, 9.17) is 8.83 Å². The zero-order chi connectivity index (χ0) is 15.6. The van der Waals surface area contributed by atoms with Crippen LogP contribution in [0.25, 0.3) is 11.5 Å². The topological polar surface area (TPSA) is 90.7 Å². The zero-order valence-electron chi connectivity index (χ0n) is 12.5. The van der Waals surface area contributed by atoms with Crippen molar-refractivity contribution in [3.8, 4) is 11.5 Å². The summed E-state index contributed by atoms with van der Waals surface area (Å²) in [5.41, 5.74) is 0.678. The zero-order valence-corrected chi connectivity index (χ0v) is 13.3. The molecule has 0 fully saturated rings. The fraction of sp³-hybridized carbons (Fsp3) is 0.357. The second-order valence-corrected chi connectivity index (χ2v) is 6.58. The van der Waals surface area contributed by atoms with Gasteiger partial charge in [0.05, 0.1) is 5.75 Å². The second-order valence-electron chi connectivity index (χ2n) is 5.65. The predicted octanol–water partition coefficient (Wildman–Crippen LogP) is 3.10. The lowest BCUT2D eigenvalue weighted by Gasteiger charge is -2.10. The number of pyridine rings is 1. The van der Waals surface area contributed by atoms with Gasteiger partial charge in [-0.3, -0.25) is 4.98 Å². The molecular weight excluding hydrogens is 302 g/mol. The monoisotopic (exact) mass is 317 g/mol. The van der Waals surface area contributed by atoms with E-state index in [2.05, 4.69) is 25.4 Å². The molecule has 8 heteroatoms. The van der Waals surface area contributed by atoms with Crippen LogP contribution in [-0.2, 0) is 11.2 Å². The Hall–Kier alpha value is -2.22. The molecule has 0 aromatic carbocycles. The highest BCUT2D eigenvalue weighted by Gasteiger charge is 2.21. The summed E-state index contributed by atoms with van der Waals surface area (Å²) in [5, 5.41) is 16.5. The van der Waals surface area contributed by atoms with Crippen LogP contribution in [0.1, 0.15) is 32.6 Å². The van der Waals surface area contributed by atoms with Gasteiger partial charge in [-0.2, -0.15) is 0 Å². The van der Waals surface area contributed by atoms with Crippen LogP contribution in [0.3, 0.4) is 0 Å². The minimum absolute atomic E-state index is 0.158. The first kappa shape index (κ1) is 14.7. The highest BCUT2D eigenvalue weighted by molar-refractivity contribution is 7.98. The fourth-order valence-corrected chi connectivity index (χ4v) is 2.22. The molecular formula is C14H15N5O2S. The third-order valence-corrected chi connectivity index (χ3v) is 3.56. The molecule has 3 aromatic rings. The van der Waals surface area contributed by atoms with E-state index in [0.29, 0.717) is 28.6 Å². The Kier molecular flexibility index (Phi) is 3.93. The van der Waals surface area contributed by atoms with Crippen LogP contribution in [0.4, 0.5) is 0 Å². The first-order chi connectivity index (χ1) is 10.5. The van der Waals surface area contributed by atoms with E-state index in [1.165, 1.54) is 11.8 Å². The SMILES string of the molecule is CC(C)(C)c1nnc(CSc2nnc(-c3ccncc3)o2)o1. The van der Waals surface area contributed by atoms with Crippen LogP contribution in [0.15, 0.2) is 38.6 Å². The average Bonchev–Trinajstić information content (AvgIpc) is 3.15. The molecule has 3 rings (SSSR count). The number of hydrogen-bond acceptors (Lipinski definition) is 8. The minimum Gasteiger partial charge on any atom is -0.424 e. The smallest absolute Gasteiger partial charge is 0.277 e. The van der Waals surface area contributed by atoms with Gasteiger partial charge in [-0.25, -0.2) is 0 Å². The van der Waals surface area contributed by atoms with E-state index in [1.54, 1.807) is 12.4 Å². The molecule has 0 spiro atoms. The lowest BCUT2D eigenvalue weighted by Crippen LogP contribution is -2.11. The summed E-state index contributed by atoms with van der Waals surface area (Å²) in [5.74, 6) is 2.11. The summed E-state index contributed by atoms with van der Waals surface area (Å²) in [6.07, 6.45) is 3.36. The number of aromatic nitrogens is 5. The summed E-state index contributed by atoms with van der Waals surface area (Å²) < 4.78 is 11.2. The van der Waals surface area contributed by atoms with Crippen molar-refractivity contribution in [3.63, 3.8) is 0 Å². The molecule has 0 amide bonds. The summed E-state index contributed by atoms with van der Waals surface area (Å²) in [6, 6.07) is 3.63. The van der Waals surface area contributed by atoms with Gasteiger partial charge < -0.3 is 8.83 Å². The van der Waals surface area contributed by atoms with Crippen LogP contribution in [0, 0.1) is 0 Å². The van der Waals surface area contributed by atoms with Gasteiger partial charge in [0, 0.05) is 23.4 Å². The van der Waals surface area contributed by atoms with Crippen molar-refractivity contribution in [1.29, 1.82) is 0 Å². The Morgan fingerprint density at radius 1 is 1.00 bits per heavy atom. The lowest BCUT2D eigenvalue weighted by molar-refractivity contribution is 0.378. The molecule has 0 radical (unpaired) electrons. The predicted molar refractivity (Wildman–Crippen MR) is 80.1 cm³/mol. The van der Waals surface area contributed by atoms with Gasteiger partial charge in [-0.05, 0) is 12.1 Å². The van der Waals surface area contributed by atoms with Crippen molar-refractivity contribution in [2.75, 3.05) is 0 Å². The van der Waals surface area contributed by atoms with Gasteiger partial charge in [0.2, 0.25) is 17.7 Å². The largest absolute Gasteiger partial charge is 0.424 e. The molecule has 22 heavy (non-hydrogen) atoms. The van der Waals surface area contributed by atoms with Crippen molar-refractivity contribution in [2.45, 2.75) is 37.2 Å². The molecule has 3 aromatic heterocycles. The van der Waals surface area contributed by atoms with Crippen molar-refractivity contribution in [1.82, 2.24) is 25.4 Å². The van der Waals surface area contributed by atoms with Gasteiger partial charge in [0.1, 0.15) is 0 Å². The molecule has 0 aliphatic carbocycles. The van der Waals surface area contributed by atoms with Crippen LogP contribution in [-0.4, -0.2) is 25.4 Å². The molecule has 0 saturated carbocycles. The summed E-state index contributed by atoms with van der Waals surface area (Å²) >= 11 is 1.36. The molecule has 0 saturated heterocycles. The van der Waals surface area contributed by atoms with E-state index in [0.717, 1.165) is 5.56 Å². The van der Waals surface area contributed by atoms with Crippen LogP contribution in [0.5, 0.6) is 0 Å². The summed E-state index contributed by atoms with van der Waals surface area (Å²) in [7, 11) is 0. The quantitative estimate of drug-likeness (QED) is 0.678. The maximum absolute atomic E-state index is 5.62. The number of rotatable bonds is 4. The van der Waals surface area contributed by atoms with E-state index in [1.807, 2.05) is 32.9 Å². The van der Waals surface area contributed by atoms with E-state index < -0.39 is 0 Å². The first-order valence-corrected chi connectivity index (χ1v) is 7.70.